The van der Waals surface area contributed by atoms with Crippen LogP contribution in [0.25, 0.3) is 4.91 Å². The van der Waals surface area contributed by atoms with Gasteiger partial charge in [0.15, 0.2) is 7.14 Å². The number of thioether (sulfide) groups is 1. The maximum absolute atomic E-state index is 15.6. The number of aliphatic hydroxyl groups is 1. The Morgan fingerprint density at radius 1 is 0.806 bits per heavy atom. The van der Waals surface area contributed by atoms with E-state index in [-0.39, 0.29) is 0 Å². The monoisotopic (exact) mass is 532 g/mol. The van der Waals surface area contributed by atoms with Gasteiger partial charge in [0.2, 0.25) is 0 Å². The first-order chi connectivity index (χ1) is 17.6. The van der Waals surface area contributed by atoms with Gasteiger partial charge in [-0.1, -0.05) is 128 Å². The SMILES string of the molecule is CCCCS/C(=C(/C(O)c1ccc(Cl)cc1)P(=O)(c1ccccc1)c1ccccc1)c1ccccc1. The minimum atomic E-state index is -3.46. The summed E-state index contributed by atoms with van der Waals surface area (Å²) in [6.45, 7) is 2.16. The highest BCUT2D eigenvalue weighted by molar-refractivity contribution is 8.09. The van der Waals surface area contributed by atoms with Crippen molar-refractivity contribution in [2.24, 2.45) is 0 Å². The Bertz CT molecular complexity index is 1280. The van der Waals surface area contributed by atoms with E-state index in [0.29, 0.717) is 26.5 Å². The van der Waals surface area contributed by atoms with Gasteiger partial charge in [-0.25, -0.2) is 0 Å². The Labute approximate surface area is 223 Å². The lowest BCUT2D eigenvalue weighted by Gasteiger charge is -2.29. The van der Waals surface area contributed by atoms with Crippen molar-refractivity contribution in [3.63, 3.8) is 0 Å². The molecule has 5 heteroatoms. The standard InChI is InChI=1S/C31H30ClO2PS/c1-2-3-23-36-31(25-13-7-4-8-14-25)30(29(33)24-19-21-26(32)22-20-24)35(34,27-15-9-5-10-16-27)28-17-11-6-12-18-28/h4-22,29,33H,2-3,23H2,1H3/b31-30-. The summed E-state index contributed by atoms with van der Waals surface area (Å²) in [5.74, 6) is 0.862. The molecule has 0 fully saturated rings. The van der Waals surface area contributed by atoms with E-state index in [9.17, 15) is 5.11 Å². The summed E-state index contributed by atoms with van der Waals surface area (Å²) in [7, 11) is -3.46. The number of unbranched alkanes of at least 4 members (excludes halogenated alkanes) is 1. The molecule has 2 nitrogen and oxygen atoms in total. The van der Waals surface area contributed by atoms with Crippen molar-refractivity contribution in [1.29, 1.82) is 0 Å². The third-order valence-corrected chi connectivity index (χ3v) is 10.9. The number of halogens is 1. The van der Waals surface area contributed by atoms with Gasteiger partial charge in [0.1, 0.15) is 6.10 Å². The summed E-state index contributed by atoms with van der Waals surface area (Å²) < 4.78 is 15.6. The molecule has 36 heavy (non-hydrogen) atoms. The van der Waals surface area contributed by atoms with E-state index in [0.717, 1.165) is 29.1 Å². The third kappa shape index (κ3) is 5.88. The molecular weight excluding hydrogens is 503 g/mol. The van der Waals surface area contributed by atoms with Crippen LogP contribution in [0.1, 0.15) is 37.0 Å². The molecule has 4 aromatic rings. The first-order valence-electron chi connectivity index (χ1n) is 12.1. The van der Waals surface area contributed by atoms with Crippen LogP contribution >= 0.6 is 30.5 Å². The van der Waals surface area contributed by atoms with E-state index >= 15 is 4.57 Å². The van der Waals surface area contributed by atoms with E-state index in [1.165, 1.54) is 0 Å². The molecule has 0 aliphatic heterocycles. The molecule has 1 N–H and O–H groups in total. The molecule has 0 aliphatic rings. The quantitative estimate of drug-likeness (QED) is 0.165. The Hall–Kier alpha value is -2.55. The summed E-state index contributed by atoms with van der Waals surface area (Å²) in [5, 5.41) is 14.6. The number of hydrogen-bond donors (Lipinski definition) is 1. The van der Waals surface area contributed by atoms with Crippen molar-refractivity contribution in [2.45, 2.75) is 25.9 Å². The Balaban J connectivity index is 2.08. The predicted octanol–water partition coefficient (Wildman–Crippen LogP) is 8.29. The largest absolute Gasteiger partial charge is 0.383 e. The van der Waals surface area contributed by atoms with E-state index in [1.807, 2.05) is 103 Å². The lowest BCUT2D eigenvalue weighted by Crippen LogP contribution is -2.21. The molecule has 0 radical (unpaired) electrons. The second-order valence-corrected chi connectivity index (χ2v) is 12.8. The highest BCUT2D eigenvalue weighted by Gasteiger charge is 2.39. The summed E-state index contributed by atoms with van der Waals surface area (Å²) >= 11 is 7.84. The van der Waals surface area contributed by atoms with Gasteiger partial charge in [0.05, 0.1) is 0 Å². The van der Waals surface area contributed by atoms with Gasteiger partial charge in [-0.05, 0) is 35.4 Å². The lowest BCUT2D eigenvalue weighted by molar-refractivity contribution is 0.224. The second-order valence-electron chi connectivity index (χ2n) is 8.52. The first kappa shape index (κ1) is 26.5. The average molecular weight is 533 g/mol. The molecule has 0 saturated heterocycles. The van der Waals surface area contributed by atoms with Crippen LogP contribution in [0.15, 0.2) is 121 Å². The number of hydrogen-bond acceptors (Lipinski definition) is 3. The molecule has 0 bridgehead atoms. The van der Waals surface area contributed by atoms with Gasteiger partial charge in [-0.15, -0.1) is 11.8 Å². The maximum atomic E-state index is 15.6. The van der Waals surface area contributed by atoms with Crippen LogP contribution in [-0.2, 0) is 4.57 Å². The van der Waals surface area contributed by atoms with Gasteiger partial charge >= 0.3 is 0 Å². The summed E-state index contributed by atoms with van der Waals surface area (Å²) in [6, 6.07) is 36.2. The number of benzene rings is 4. The van der Waals surface area contributed by atoms with Crippen LogP contribution in [0.4, 0.5) is 0 Å². The van der Waals surface area contributed by atoms with Gasteiger partial charge < -0.3 is 9.67 Å². The molecule has 4 rings (SSSR count). The zero-order valence-corrected chi connectivity index (χ0v) is 22.7. The molecule has 184 valence electrons. The summed E-state index contributed by atoms with van der Waals surface area (Å²) in [4.78, 5) is 0.863. The van der Waals surface area contributed by atoms with Crippen molar-refractivity contribution >= 4 is 46.0 Å². The summed E-state index contributed by atoms with van der Waals surface area (Å²) in [6.07, 6.45) is 0.990. The van der Waals surface area contributed by atoms with Crippen LogP contribution in [0.3, 0.4) is 0 Å². The molecule has 4 aromatic carbocycles. The lowest BCUT2D eigenvalue weighted by atomic mass is 10.1. The predicted molar refractivity (Wildman–Crippen MR) is 157 cm³/mol. The molecular formula is C31H30ClO2PS. The zero-order valence-electron chi connectivity index (χ0n) is 20.3. The van der Waals surface area contributed by atoms with Crippen molar-refractivity contribution in [1.82, 2.24) is 0 Å². The number of aliphatic hydroxyl groups excluding tert-OH is 1. The van der Waals surface area contributed by atoms with Crippen LogP contribution in [-0.4, -0.2) is 10.9 Å². The summed E-state index contributed by atoms with van der Waals surface area (Å²) in [5.41, 5.74) is 1.61. The van der Waals surface area contributed by atoms with Crippen LogP contribution in [0.2, 0.25) is 5.02 Å². The zero-order chi connectivity index (χ0) is 25.4. The van der Waals surface area contributed by atoms with Crippen molar-refractivity contribution in [3.8, 4) is 0 Å². The molecule has 0 amide bonds. The van der Waals surface area contributed by atoms with Crippen LogP contribution in [0, 0.1) is 0 Å². The Morgan fingerprint density at radius 2 is 1.31 bits per heavy atom. The highest BCUT2D eigenvalue weighted by atomic mass is 35.5. The normalized spacial score (nSPS) is 13.2. The average Bonchev–Trinajstić information content (AvgIpc) is 2.94. The minimum absolute atomic E-state index is 0.537. The number of rotatable bonds is 10. The Kier molecular flexibility index (Phi) is 9.29. The van der Waals surface area contributed by atoms with Gasteiger partial charge in [0.25, 0.3) is 0 Å². The highest BCUT2D eigenvalue weighted by Crippen LogP contribution is 2.60. The Morgan fingerprint density at radius 3 is 1.81 bits per heavy atom. The fourth-order valence-electron chi connectivity index (χ4n) is 4.16. The van der Waals surface area contributed by atoms with Crippen LogP contribution in [0.5, 0.6) is 0 Å². The molecule has 1 unspecified atom stereocenters. The molecule has 0 heterocycles. The van der Waals surface area contributed by atoms with Crippen molar-refractivity contribution < 1.29 is 9.67 Å². The van der Waals surface area contributed by atoms with Gasteiger partial charge in [-0.2, -0.15) is 0 Å². The maximum Gasteiger partial charge on any atom is 0.171 e. The smallest absolute Gasteiger partial charge is 0.171 e. The molecule has 0 aromatic heterocycles. The van der Waals surface area contributed by atoms with Crippen LogP contribution < -0.4 is 10.6 Å². The molecule has 0 spiro atoms. The molecule has 0 aliphatic carbocycles. The fraction of sp³-hybridized carbons (Fsp3) is 0.161. The molecule has 1 atom stereocenters. The van der Waals surface area contributed by atoms with Gasteiger partial charge in [0, 0.05) is 25.9 Å². The van der Waals surface area contributed by atoms with E-state index < -0.39 is 13.2 Å². The third-order valence-electron chi connectivity index (χ3n) is 6.04. The van der Waals surface area contributed by atoms with Crippen molar-refractivity contribution in [2.75, 3.05) is 5.75 Å². The minimum Gasteiger partial charge on any atom is -0.383 e. The first-order valence-corrected chi connectivity index (χ1v) is 15.2. The van der Waals surface area contributed by atoms with E-state index in [1.54, 1.807) is 23.9 Å². The second kappa shape index (κ2) is 12.6. The van der Waals surface area contributed by atoms with E-state index in [2.05, 4.69) is 6.92 Å². The molecule has 0 saturated carbocycles. The fourth-order valence-corrected chi connectivity index (χ4v) is 9.01. The topological polar surface area (TPSA) is 37.3 Å². The van der Waals surface area contributed by atoms with Crippen molar-refractivity contribution in [3.05, 3.63) is 137 Å². The van der Waals surface area contributed by atoms with E-state index in [4.69, 9.17) is 11.6 Å². The van der Waals surface area contributed by atoms with Gasteiger partial charge in [-0.3, -0.25) is 0 Å².